The molecule has 2 rings (SSSR count). The van der Waals surface area contributed by atoms with E-state index in [1.807, 2.05) is 6.08 Å². The van der Waals surface area contributed by atoms with Crippen LogP contribution < -0.4 is 14.2 Å². The Balaban J connectivity index is 2.38. The van der Waals surface area contributed by atoms with Crippen LogP contribution in [0.2, 0.25) is 10.0 Å². The van der Waals surface area contributed by atoms with Gasteiger partial charge in [-0.3, -0.25) is 9.78 Å². The van der Waals surface area contributed by atoms with E-state index in [2.05, 4.69) is 11.6 Å². The molecule has 0 atom stereocenters. The number of ether oxygens (including phenoxy) is 3. The Morgan fingerprint density at radius 3 is 2.44 bits per heavy atom. The summed E-state index contributed by atoms with van der Waals surface area (Å²) in [5.41, 5.74) is 0.890. The molecule has 144 valence electrons. The normalized spacial score (nSPS) is 10.4. The number of Topliss-reactive ketones (excluding diaryl/α,β-unsaturated/α-hetero) is 1. The second-order valence-corrected chi connectivity index (χ2v) is 6.45. The molecule has 27 heavy (non-hydrogen) atoms. The van der Waals surface area contributed by atoms with Gasteiger partial charge >= 0.3 is 0 Å². The zero-order valence-corrected chi connectivity index (χ0v) is 16.8. The van der Waals surface area contributed by atoms with Crippen LogP contribution in [0.4, 0.5) is 0 Å². The van der Waals surface area contributed by atoms with Crippen molar-refractivity contribution >= 4 is 29.0 Å². The lowest BCUT2D eigenvalue weighted by atomic mass is 10.0. The molecule has 5 nitrogen and oxygen atoms in total. The van der Waals surface area contributed by atoms with Crippen LogP contribution in [0.3, 0.4) is 0 Å². The molecule has 0 saturated heterocycles. The Bertz CT molecular complexity index is 804. The molecule has 0 unspecified atom stereocenters. The lowest BCUT2D eigenvalue weighted by Gasteiger charge is -2.17. The van der Waals surface area contributed by atoms with Crippen LogP contribution in [0.1, 0.15) is 28.8 Å². The average molecular weight is 410 g/mol. The summed E-state index contributed by atoms with van der Waals surface area (Å²) in [6.07, 6.45) is 6.30. The lowest BCUT2D eigenvalue weighted by molar-refractivity contribution is 0.0988. The number of aromatic nitrogens is 1. The van der Waals surface area contributed by atoms with Crippen molar-refractivity contribution in [3.05, 3.63) is 58.4 Å². The topological polar surface area (TPSA) is 57.7 Å². The molecule has 0 aliphatic carbocycles. The van der Waals surface area contributed by atoms with Gasteiger partial charge in [0.25, 0.3) is 0 Å². The van der Waals surface area contributed by atoms with Gasteiger partial charge in [-0.15, -0.1) is 6.58 Å². The summed E-state index contributed by atoms with van der Waals surface area (Å²) in [4.78, 5) is 16.9. The Morgan fingerprint density at radius 1 is 1.15 bits per heavy atom. The van der Waals surface area contributed by atoms with E-state index in [0.29, 0.717) is 45.0 Å². The fourth-order valence-electron chi connectivity index (χ4n) is 2.53. The van der Waals surface area contributed by atoms with Gasteiger partial charge in [0, 0.05) is 24.4 Å². The molecule has 2 aromatic rings. The number of pyridine rings is 1. The largest absolute Gasteiger partial charge is 0.493 e. The highest BCUT2D eigenvalue weighted by atomic mass is 35.5. The first-order valence-electron chi connectivity index (χ1n) is 8.33. The molecular formula is C20H21Cl2NO4. The van der Waals surface area contributed by atoms with Crippen LogP contribution in [-0.4, -0.2) is 31.6 Å². The van der Waals surface area contributed by atoms with Gasteiger partial charge in [-0.2, -0.15) is 0 Å². The van der Waals surface area contributed by atoms with Crippen LogP contribution in [0, 0.1) is 0 Å². The van der Waals surface area contributed by atoms with Gasteiger partial charge in [0.15, 0.2) is 17.3 Å². The number of allylic oxidation sites excluding steroid dienone is 1. The molecule has 1 heterocycles. The van der Waals surface area contributed by atoms with Crippen molar-refractivity contribution in [2.45, 2.75) is 19.3 Å². The number of unbranched alkanes of at least 4 members (excludes halogenated alkanes) is 1. The van der Waals surface area contributed by atoms with E-state index < -0.39 is 0 Å². The van der Waals surface area contributed by atoms with Crippen LogP contribution in [-0.2, 0) is 6.42 Å². The molecule has 0 aliphatic rings. The summed E-state index contributed by atoms with van der Waals surface area (Å²) in [6, 6.07) is 3.31. The number of rotatable bonds is 10. The molecule has 0 aliphatic heterocycles. The van der Waals surface area contributed by atoms with E-state index >= 15 is 0 Å². The van der Waals surface area contributed by atoms with Crippen LogP contribution in [0.25, 0.3) is 0 Å². The minimum Gasteiger partial charge on any atom is -0.493 e. The number of carbonyl (C=O) groups is 1. The van der Waals surface area contributed by atoms with E-state index in [1.54, 1.807) is 12.1 Å². The molecule has 0 fully saturated rings. The van der Waals surface area contributed by atoms with Gasteiger partial charge in [-0.25, -0.2) is 0 Å². The number of halogens is 2. The van der Waals surface area contributed by atoms with E-state index in [9.17, 15) is 4.79 Å². The quantitative estimate of drug-likeness (QED) is 0.307. The zero-order chi connectivity index (χ0) is 19.8. The molecule has 0 spiro atoms. The summed E-state index contributed by atoms with van der Waals surface area (Å²) in [7, 11) is 3.02. The zero-order valence-electron chi connectivity index (χ0n) is 15.3. The van der Waals surface area contributed by atoms with Gasteiger partial charge in [0.05, 0.1) is 36.4 Å². The van der Waals surface area contributed by atoms with Crippen molar-refractivity contribution in [3.8, 4) is 17.2 Å². The average Bonchev–Trinajstić information content (AvgIpc) is 2.67. The minimum absolute atomic E-state index is 0.0126. The van der Waals surface area contributed by atoms with E-state index in [4.69, 9.17) is 37.4 Å². The second-order valence-electron chi connectivity index (χ2n) is 5.64. The number of hydrogen-bond acceptors (Lipinski definition) is 5. The SMILES string of the molecule is C=CCCCOc1c(C(=O)Cc2c(Cl)cncc2Cl)ccc(OC)c1OC. The number of hydrogen-bond donors (Lipinski definition) is 0. The molecule has 0 radical (unpaired) electrons. The van der Waals surface area contributed by atoms with Gasteiger partial charge in [-0.05, 0) is 25.0 Å². The molecule has 1 aromatic heterocycles. The van der Waals surface area contributed by atoms with Gasteiger partial charge in [0.1, 0.15) is 0 Å². The van der Waals surface area contributed by atoms with E-state index in [-0.39, 0.29) is 12.2 Å². The number of nitrogens with zero attached hydrogens (tertiary/aromatic N) is 1. The fraction of sp³-hybridized carbons (Fsp3) is 0.300. The lowest BCUT2D eigenvalue weighted by Crippen LogP contribution is -2.10. The summed E-state index contributed by atoms with van der Waals surface area (Å²) in [6.45, 7) is 4.10. The third-order valence-electron chi connectivity index (χ3n) is 3.89. The number of carbonyl (C=O) groups excluding carboxylic acids is 1. The summed E-state index contributed by atoms with van der Waals surface area (Å²) >= 11 is 12.3. The van der Waals surface area contributed by atoms with Crippen molar-refractivity contribution in [1.29, 1.82) is 0 Å². The maximum Gasteiger partial charge on any atom is 0.204 e. The molecule has 0 bridgehead atoms. The van der Waals surface area contributed by atoms with Gasteiger partial charge in [0.2, 0.25) is 5.75 Å². The predicted molar refractivity (Wildman–Crippen MR) is 107 cm³/mol. The Morgan fingerprint density at radius 2 is 1.85 bits per heavy atom. The Labute approximate surface area is 168 Å². The van der Waals surface area contributed by atoms with Crippen molar-refractivity contribution in [2.24, 2.45) is 0 Å². The van der Waals surface area contributed by atoms with Crippen molar-refractivity contribution in [3.63, 3.8) is 0 Å². The highest BCUT2D eigenvalue weighted by molar-refractivity contribution is 6.36. The molecule has 1 aromatic carbocycles. The summed E-state index contributed by atoms with van der Waals surface area (Å²) in [5.74, 6) is 0.985. The fourth-order valence-corrected chi connectivity index (χ4v) is 3.02. The molecule has 7 heteroatoms. The third kappa shape index (κ3) is 5.15. The first-order chi connectivity index (χ1) is 13.0. The van der Waals surface area contributed by atoms with Crippen molar-refractivity contribution < 1.29 is 19.0 Å². The summed E-state index contributed by atoms with van der Waals surface area (Å²) < 4.78 is 16.6. The monoisotopic (exact) mass is 409 g/mol. The minimum atomic E-state index is -0.204. The molecule has 0 N–H and O–H groups in total. The van der Waals surface area contributed by atoms with Crippen LogP contribution in [0.5, 0.6) is 17.2 Å². The smallest absolute Gasteiger partial charge is 0.204 e. The standard InChI is InChI=1S/C20H21Cl2NO4/c1-4-5-6-9-27-19-13(7-8-18(25-2)20(19)26-3)17(24)10-14-15(21)11-23-12-16(14)22/h4,7-8,11-12H,1,5-6,9-10H2,2-3H3. The Hall–Kier alpha value is -2.24. The molecular weight excluding hydrogens is 389 g/mol. The first kappa shape index (κ1) is 21.1. The maximum absolute atomic E-state index is 13.0. The maximum atomic E-state index is 13.0. The van der Waals surface area contributed by atoms with Gasteiger partial charge in [-0.1, -0.05) is 29.3 Å². The molecule has 0 amide bonds. The van der Waals surface area contributed by atoms with Gasteiger partial charge < -0.3 is 14.2 Å². The van der Waals surface area contributed by atoms with E-state index in [0.717, 1.165) is 12.8 Å². The second kappa shape index (κ2) is 10.2. The van der Waals surface area contributed by atoms with Crippen molar-refractivity contribution in [1.82, 2.24) is 4.98 Å². The van der Waals surface area contributed by atoms with Crippen LogP contribution in [0.15, 0.2) is 37.2 Å². The predicted octanol–water partition coefficient (Wildman–Crippen LogP) is 5.18. The van der Waals surface area contributed by atoms with Crippen molar-refractivity contribution in [2.75, 3.05) is 20.8 Å². The highest BCUT2D eigenvalue weighted by Gasteiger charge is 2.23. The molecule has 0 saturated carbocycles. The number of ketones is 1. The Kier molecular flexibility index (Phi) is 7.95. The third-order valence-corrected chi connectivity index (χ3v) is 4.54. The number of methoxy groups -OCH3 is 2. The first-order valence-corrected chi connectivity index (χ1v) is 9.08. The number of benzene rings is 1. The van der Waals surface area contributed by atoms with E-state index in [1.165, 1.54) is 26.6 Å². The van der Waals surface area contributed by atoms with Crippen LogP contribution >= 0.6 is 23.2 Å². The summed E-state index contributed by atoms with van der Waals surface area (Å²) in [5, 5.41) is 0.676. The highest BCUT2D eigenvalue weighted by Crippen LogP contribution is 2.41.